The maximum Gasteiger partial charge on any atom is 0.119 e. The highest BCUT2D eigenvalue weighted by Gasteiger charge is 2.04. The lowest BCUT2D eigenvalue weighted by molar-refractivity contribution is 0.206. The highest BCUT2D eigenvalue weighted by atomic mass is 16.5. The molecule has 0 aromatic heterocycles. The van der Waals surface area contributed by atoms with Crippen LogP contribution in [0.3, 0.4) is 0 Å². The van der Waals surface area contributed by atoms with Crippen molar-refractivity contribution in [2.24, 2.45) is 4.99 Å². The largest absolute Gasteiger partial charge is 0.491 e. The fraction of sp³-hybridized carbons (Fsp3) is 0.581. The smallest absolute Gasteiger partial charge is 0.119 e. The number of benzene rings is 2. The minimum Gasteiger partial charge on any atom is -0.491 e. The molecule has 0 aliphatic carbocycles. The van der Waals surface area contributed by atoms with Gasteiger partial charge < -0.3 is 4.74 Å². The Kier molecular flexibility index (Phi) is 14.3. The second-order valence-electron chi connectivity index (χ2n) is 9.50. The summed E-state index contributed by atoms with van der Waals surface area (Å²) >= 11 is 0. The zero-order valence-electron chi connectivity index (χ0n) is 21.5. The molecule has 2 rings (SSSR count). The van der Waals surface area contributed by atoms with E-state index in [1.807, 2.05) is 6.21 Å². The third-order valence-electron chi connectivity index (χ3n) is 6.30. The van der Waals surface area contributed by atoms with E-state index >= 15 is 0 Å². The van der Waals surface area contributed by atoms with Gasteiger partial charge in [-0.1, -0.05) is 90.2 Å². The number of hydrogen-bond acceptors (Lipinski definition) is 2. The molecule has 33 heavy (non-hydrogen) atoms. The Hall–Kier alpha value is -2.09. The average molecular weight is 450 g/mol. The Morgan fingerprint density at radius 3 is 1.91 bits per heavy atom. The van der Waals surface area contributed by atoms with Gasteiger partial charge in [0.2, 0.25) is 0 Å². The van der Waals surface area contributed by atoms with Crippen LogP contribution < -0.4 is 4.74 Å². The number of unbranched alkanes of at least 4 members (excludes halogenated alkanes) is 10. The van der Waals surface area contributed by atoms with Gasteiger partial charge in [-0.2, -0.15) is 0 Å². The molecule has 0 N–H and O–H groups in total. The highest BCUT2D eigenvalue weighted by Crippen LogP contribution is 2.18. The van der Waals surface area contributed by atoms with Crippen molar-refractivity contribution in [1.82, 2.24) is 0 Å². The van der Waals surface area contributed by atoms with Crippen molar-refractivity contribution >= 4 is 11.9 Å². The average Bonchev–Trinajstić information content (AvgIpc) is 2.84. The molecular formula is C31H47NO. The summed E-state index contributed by atoms with van der Waals surface area (Å²) in [6, 6.07) is 17.0. The van der Waals surface area contributed by atoms with Crippen molar-refractivity contribution in [2.45, 2.75) is 117 Å². The molecule has 2 aromatic carbocycles. The van der Waals surface area contributed by atoms with Crippen LogP contribution in [-0.4, -0.2) is 12.3 Å². The molecule has 1 unspecified atom stereocenters. The van der Waals surface area contributed by atoms with E-state index in [1.165, 1.54) is 89.0 Å². The zero-order valence-corrected chi connectivity index (χ0v) is 21.5. The van der Waals surface area contributed by atoms with Crippen LogP contribution in [0.15, 0.2) is 53.5 Å². The summed E-state index contributed by atoms with van der Waals surface area (Å²) in [5.74, 6) is 0.945. The quantitative estimate of drug-likeness (QED) is 0.164. The van der Waals surface area contributed by atoms with Crippen LogP contribution in [0.5, 0.6) is 5.75 Å². The predicted octanol–water partition coefficient (Wildman–Crippen LogP) is 9.86. The predicted molar refractivity (Wildman–Crippen MR) is 145 cm³/mol. The lowest BCUT2D eigenvalue weighted by Gasteiger charge is -2.14. The van der Waals surface area contributed by atoms with Crippen molar-refractivity contribution in [3.05, 3.63) is 59.7 Å². The first kappa shape index (κ1) is 27.2. The Morgan fingerprint density at radius 2 is 1.27 bits per heavy atom. The van der Waals surface area contributed by atoms with E-state index in [2.05, 4.69) is 74.3 Å². The standard InChI is InChI=1S/C31H47NO/c1-4-6-8-10-11-12-13-15-17-28-18-22-30(23-19-28)32-26-29-20-24-31(25-21-29)33-27(3)16-14-9-7-5-2/h18-27H,4-17H2,1-3H3. The molecule has 2 nitrogen and oxygen atoms in total. The van der Waals surface area contributed by atoms with Crippen molar-refractivity contribution in [1.29, 1.82) is 0 Å². The monoisotopic (exact) mass is 449 g/mol. The van der Waals surface area contributed by atoms with Crippen molar-refractivity contribution < 1.29 is 4.74 Å². The molecule has 0 amide bonds. The van der Waals surface area contributed by atoms with Crippen LogP contribution in [-0.2, 0) is 6.42 Å². The van der Waals surface area contributed by atoms with Crippen LogP contribution in [0.2, 0.25) is 0 Å². The number of rotatable bonds is 18. The van der Waals surface area contributed by atoms with E-state index in [9.17, 15) is 0 Å². The van der Waals surface area contributed by atoms with Gasteiger partial charge in [0.1, 0.15) is 5.75 Å². The molecular weight excluding hydrogens is 402 g/mol. The molecule has 182 valence electrons. The van der Waals surface area contributed by atoms with E-state index in [0.717, 1.165) is 23.4 Å². The Balaban J connectivity index is 1.67. The maximum atomic E-state index is 6.05. The molecule has 1 atom stereocenters. The fourth-order valence-electron chi connectivity index (χ4n) is 4.14. The molecule has 2 aromatic rings. The van der Waals surface area contributed by atoms with Gasteiger partial charge >= 0.3 is 0 Å². The molecule has 0 fully saturated rings. The third kappa shape index (κ3) is 12.7. The van der Waals surface area contributed by atoms with Crippen LogP contribution in [0.25, 0.3) is 0 Å². The molecule has 0 aliphatic rings. The molecule has 0 radical (unpaired) electrons. The third-order valence-corrected chi connectivity index (χ3v) is 6.30. The summed E-state index contributed by atoms with van der Waals surface area (Å²) in [7, 11) is 0. The van der Waals surface area contributed by atoms with Gasteiger partial charge in [-0.15, -0.1) is 0 Å². The van der Waals surface area contributed by atoms with E-state index in [1.54, 1.807) is 0 Å². The highest BCUT2D eigenvalue weighted by molar-refractivity contribution is 5.82. The summed E-state index contributed by atoms with van der Waals surface area (Å²) in [5.41, 5.74) is 3.53. The van der Waals surface area contributed by atoms with Crippen LogP contribution in [0.1, 0.15) is 115 Å². The molecule has 0 spiro atoms. The van der Waals surface area contributed by atoms with Crippen molar-refractivity contribution in [2.75, 3.05) is 0 Å². The molecule has 0 heterocycles. The number of nitrogens with zero attached hydrogens (tertiary/aromatic N) is 1. The second-order valence-corrected chi connectivity index (χ2v) is 9.50. The van der Waals surface area contributed by atoms with E-state index in [0.29, 0.717) is 0 Å². The molecule has 0 saturated heterocycles. The molecule has 2 heteroatoms. The lowest BCUT2D eigenvalue weighted by Crippen LogP contribution is -2.11. The first-order valence-corrected chi connectivity index (χ1v) is 13.6. The normalized spacial score (nSPS) is 12.3. The topological polar surface area (TPSA) is 21.6 Å². The summed E-state index contributed by atoms with van der Waals surface area (Å²) in [6.45, 7) is 6.69. The number of aryl methyl sites for hydroxylation is 1. The first-order valence-electron chi connectivity index (χ1n) is 13.6. The SMILES string of the molecule is CCCCCCCCCCc1ccc(N=Cc2ccc(OC(C)CCCCCC)cc2)cc1. The van der Waals surface area contributed by atoms with Gasteiger partial charge in [0, 0.05) is 6.21 Å². The van der Waals surface area contributed by atoms with Crippen LogP contribution in [0.4, 0.5) is 5.69 Å². The minimum absolute atomic E-state index is 0.269. The van der Waals surface area contributed by atoms with Gasteiger partial charge in [-0.3, -0.25) is 4.99 Å². The van der Waals surface area contributed by atoms with Gasteiger partial charge in [-0.25, -0.2) is 0 Å². The molecule has 0 saturated carbocycles. The lowest BCUT2D eigenvalue weighted by atomic mass is 10.0. The number of ether oxygens (including phenoxy) is 1. The molecule has 0 aliphatic heterocycles. The second kappa shape index (κ2) is 17.4. The minimum atomic E-state index is 0.269. The number of aliphatic imine (C=N–C) groups is 1. The Labute approximate surface area is 203 Å². The van der Waals surface area contributed by atoms with E-state index < -0.39 is 0 Å². The summed E-state index contributed by atoms with van der Waals surface area (Å²) in [5, 5.41) is 0. The van der Waals surface area contributed by atoms with Gasteiger partial charge in [0.15, 0.2) is 0 Å². The Bertz CT molecular complexity index is 747. The van der Waals surface area contributed by atoms with Crippen molar-refractivity contribution in [3.63, 3.8) is 0 Å². The number of hydrogen-bond donors (Lipinski definition) is 0. The first-order chi connectivity index (χ1) is 16.2. The van der Waals surface area contributed by atoms with Crippen molar-refractivity contribution in [3.8, 4) is 5.75 Å². The Morgan fingerprint density at radius 1 is 0.697 bits per heavy atom. The van der Waals surface area contributed by atoms with Gasteiger partial charge in [0.05, 0.1) is 11.8 Å². The fourth-order valence-corrected chi connectivity index (χ4v) is 4.14. The van der Waals surface area contributed by atoms with E-state index in [4.69, 9.17) is 4.74 Å². The maximum absolute atomic E-state index is 6.05. The zero-order chi connectivity index (χ0) is 23.6. The van der Waals surface area contributed by atoms with Crippen LogP contribution >= 0.6 is 0 Å². The summed E-state index contributed by atoms with van der Waals surface area (Å²) in [4.78, 5) is 4.65. The van der Waals surface area contributed by atoms with Gasteiger partial charge in [0.25, 0.3) is 0 Å². The van der Waals surface area contributed by atoms with Crippen LogP contribution in [0, 0.1) is 0 Å². The van der Waals surface area contributed by atoms with E-state index in [-0.39, 0.29) is 6.10 Å². The molecule has 0 bridgehead atoms. The van der Waals surface area contributed by atoms with Gasteiger partial charge in [-0.05, 0) is 80.1 Å². The summed E-state index contributed by atoms with van der Waals surface area (Å²) < 4.78 is 6.05. The summed E-state index contributed by atoms with van der Waals surface area (Å²) in [6.07, 6.45) is 20.6.